The summed E-state index contributed by atoms with van der Waals surface area (Å²) >= 11 is 0. The first-order valence-electron chi connectivity index (χ1n) is 11.4. The molecule has 1 unspecified atom stereocenters. The summed E-state index contributed by atoms with van der Waals surface area (Å²) in [6.45, 7) is -0.299. The van der Waals surface area contributed by atoms with Crippen molar-refractivity contribution >= 4 is 26.9 Å². The largest absolute Gasteiger partial charge is 0.497 e. The zero-order chi connectivity index (χ0) is 26.4. The van der Waals surface area contributed by atoms with Gasteiger partial charge in [0, 0.05) is 6.54 Å². The Kier molecular flexibility index (Phi) is 7.85. The summed E-state index contributed by atoms with van der Waals surface area (Å²) < 4.78 is 39.8. The lowest BCUT2D eigenvalue weighted by Gasteiger charge is -2.18. The predicted molar refractivity (Wildman–Crippen MR) is 137 cm³/mol. The van der Waals surface area contributed by atoms with E-state index in [2.05, 4.69) is 9.71 Å². The topological polar surface area (TPSA) is 137 Å². The molecule has 192 valence electrons. The number of H-pyrrole nitrogens is 1. The fourth-order valence-corrected chi connectivity index (χ4v) is 4.94. The second kappa shape index (κ2) is 11.2. The molecule has 0 spiro atoms. The van der Waals surface area contributed by atoms with Gasteiger partial charge in [-0.1, -0.05) is 42.5 Å². The lowest BCUT2D eigenvalue weighted by molar-refractivity contribution is -0.147. The van der Waals surface area contributed by atoms with Crippen LogP contribution in [0.2, 0.25) is 0 Å². The molecule has 11 heteroatoms. The number of carbonyl (C=O) groups is 1. The molecule has 0 fully saturated rings. The highest BCUT2D eigenvalue weighted by atomic mass is 32.2. The van der Waals surface area contributed by atoms with Crippen molar-refractivity contribution in [2.45, 2.75) is 30.5 Å². The van der Waals surface area contributed by atoms with Crippen molar-refractivity contribution in [3.8, 4) is 5.75 Å². The standard InChI is InChI=1S/C26H25N3O7S/c1-35-19-11-13-20(14-12-19)37(33,34)28-23(25(31)36-17-18-7-3-2-4-8-18)15-16-29-24(30)21-9-5-6-10-22(21)27-26(29)32/h2-14,23,28H,15-17H2,1H3,(H,27,32). The summed E-state index contributed by atoms with van der Waals surface area (Å²) in [5.74, 6) is -0.376. The van der Waals surface area contributed by atoms with Crippen molar-refractivity contribution in [2.75, 3.05) is 7.11 Å². The summed E-state index contributed by atoms with van der Waals surface area (Å²) in [5, 5.41) is 0.295. The number of rotatable bonds is 10. The molecule has 0 bridgehead atoms. The fourth-order valence-electron chi connectivity index (χ4n) is 3.72. The molecule has 3 aromatic carbocycles. The molecule has 0 aliphatic heterocycles. The van der Waals surface area contributed by atoms with E-state index in [-0.39, 0.29) is 24.5 Å². The summed E-state index contributed by atoms with van der Waals surface area (Å²) in [4.78, 5) is 41.0. The van der Waals surface area contributed by atoms with Crippen molar-refractivity contribution in [3.63, 3.8) is 0 Å². The van der Waals surface area contributed by atoms with E-state index < -0.39 is 33.3 Å². The maximum atomic E-state index is 13.0. The van der Waals surface area contributed by atoms with E-state index in [0.29, 0.717) is 16.7 Å². The van der Waals surface area contributed by atoms with Crippen molar-refractivity contribution in [1.82, 2.24) is 14.3 Å². The van der Waals surface area contributed by atoms with Crippen molar-refractivity contribution in [2.24, 2.45) is 0 Å². The first-order chi connectivity index (χ1) is 17.8. The summed E-state index contributed by atoms with van der Waals surface area (Å²) in [7, 11) is -2.70. The highest BCUT2D eigenvalue weighted by Crippen LogP contribution is 2.17. The third-order valence-corrected chi connectivity index (χ3v) is 7.19. The third kappa shape index (κ3) is 6.13. The summed E-state index contributed by atoms with van der Waals surface area (Å²) in [6.07, 6.45) is -0.204. The molecular weight excluding hydrogens is 498 g/mol. The van der Waals surface area contributed by atoms with Crippen LogP contribution in [0.15, 0.2) is 93.3 Å². The van der Waals surface area contributed by atoms with Gasteiger partial charge in [0.1, 0.15) is 18.4 Å². The number of ether oxygens (including phenoxy) is 2. The van der Waals surface area contributed by atoms with Crippen LogP contribution < -0.4 is 20.7 Å². The van der Waals surface area contributed by atoms with Gasteiger partial charge in [-0.2, -0.15) is 4.72 Å². The number of nitrogens with zero attached hydrogens (tertiary/aromatic N) is 1. The molecule has 4 rings (SSSR count). The van der Waals surface area contributed by atoms with E-state index in [0.717, 1.165) is 10.1 Å². The molecule has 0 saturated carbocycles. The molecular formula is C26H25N3O7S. The number of nitrogens with one attached hydrogen (secondary N) is 2. The van der Waals surface area contributed by atoms with Crippen molar-refractivity contribution in [3.05, 3.63) is 105 Å². The molecule has 2 N–H and O–H groups in total. The average Bonchev–Trinajstić information content (AvgIpc) is 2.91. The number of carbonyl (C=O) groups excluding carboxylic acids is 1. The van der Waals surface area contributed by atoms with Crippen LogP contribution in [0.3, 0.4) is 0 Å². The van der Waals surface area contributed by atoms with E-state index in [4.69, 9.17) is 9.47 Å². The molecule has 0 radical (unpaired) electrons. The second-order valence-corrected chi connectivity index (χ2v) is 9.88. The van der Waals surface area contributed by atoms with Gasteiger partial charge in [0.15, 0.2) is 0 Å². The first-order valence-corrected chi connectivity index (χ1v) is 12.9. The Balaban J connectivity index is 1.59. The number of sulfonamides is 1. The lowest BCUT2D eigenvalue weighted by atomic mass is 10.2. The van der Waals surface area contributed by atoms with Crippen molar-refractivity contribution in [1.29, 1.82) is 0 Å². The molecule has 37 heavy (non-hydrogen) atoms. The molecule has 0 amide bonds. The van der Waals surface area contributed by atoms with E-state index >= 15 is 0 Å². The Morgan fingerprint density at radius 1 is 0.973 bits per heavy atom. The average molecular weight is 524 g/mol. The number of aromatic amines is 1. The molecule has 10 nitrogen and oxygen atoms in total. The van der Waals surface area contributed by atoms with E-state index in [1.54, 1.807) is 48.5 Å². The number of hydrogen-bond donors (Lipinski definition) is 2. The van der Waals surface area contributed by atoms with Gasteiger partial charge in [-0.15, -0.1) is 0 Å². The molecule has 1 heterocycles. The highest BCUT2D eigenvalue weighted by Gasteiger charge is 2.27. The van der Waals surface area contributed by atoms with Gasteiger partial charge in [-0.25, -0.2) is 13.2 Å². The number of fused-ring (bicyclic) bond motifs is 1. The molecule has 4 aromatic rings. The van der Waals surface area contributed by atoms with Crippen LogP contribution in [-0.2, 0) is 32.7 Å². The Morgan fingerprint density at radius 2 is 1.65 bits per heavy atom. The van der Waals surface area contributed by atoms with Crippen molar-refractivity contribution < 1.29 is 22.7 Å². The molecule has 0 aliphatic rings. The maximum absolute atomic E-state index is 13.0. The zero-order valence-electron chi connectivity index (χ0n) is 19.9. The smallest absolute Gasteiger partial charge is 0.328 e. The van der Waals surface area contributed by atoms with E-state index in [1.165, 1.54) is 31.4 Å². The minimum Gasteiger partial charge on any atom is -0.497 e. The molecule has 1 atom stereocenters. The number of methoxy groups -OCH3 is 1. The van der Waals surface area contributed by atoms with Crippen LogP contribution in [-0.4, -0.2) is 37.1 Å². The first kappa shape index (κ1) is 25.9. The van der Waals surface area contributed by atoms with Gasteiger partial charge in [0.2, 0.25) is 10.0 Å². The Morgan fingerprint density at radius 3 is 2.35 bits per heavy atom. The predicted octanol–water partition coefficient (Wildman–Crippen LogP) is 2.18. The van der Waals surface area contributed by atoms with Crippen LogP contribution in [0.4, 0.5) is 0 Å². The highest BCUT2D eigenvalue weighted by molar-refractivity contribution is 7.89. The van der Waals surface area contributed by atoms with Crippen LogP contribution in [0.1, 0.15) is 12.0 Å². The fraction of sp³-hybridized carbons (Fsp3) is 0.192. The second-order valence-electron chi connectivity index (χ2n) is 8.16. The van der Waals surface area contributed by atoms with E-state index in [1.807, 2.05) is 6.07 Å². The van der Waals surface area contributed by atoms with Gasteiger partial charge in [-0.3, -0.25) is 14.2 Å². The number of para-hydroxylation sites is 1. The number of aromatic nitrogens is 2. The molecule has 0 saturated heterocycles. The third-order valence-electron chi connectivity index (χ3n) is 5.71. The minimum atomic E-state index is -4.15. The normalized spacial score (nSPS) is 12.2. The Labute approximate surface area is 212 Å². The quantitative estimate of drug-likeness (QED) is 0.304. The Bertz CT molecular complexity index is 1610. The lowest BCUT2D eigenvalue weighted by Crippen LogP contribution is -2.44. The van der Waals surface area contributed by atoms with Crippen LogP contribution in [0, 0.1) is 0 Å². The molecule has 0 aliphatic carbocycles. The van der Waals surface area contributed by atoms with Gasteiger partial charge in [0.25, 0.3) is 5.56 Å². The van der Waals surface area contributed by atoms with Crippen LogP contribution in [0.5, 0.6) is 5.75 Å². The minimum absolute atomic E-state index is 0.0725. The summed E-state index contributed by atoms with van der Waals surface area (Å²) in [5.41, 5.74) is -0.116. The van der Waals surface area contributed by atoms with Gasteiger partial charge in [-0.05, 0) is 48.4 Å². The van der Waals surface area contributed by atoms with Crippen LogP contribution >= 0.6 is 0 Å². The number of benzene rings is 3. The van der Waals surface area contributed by atoms with Crippen LogP contribution in [0.25, 0.3) is 10.9 Å². The monoisotopic (exact) mass is 523 g/mol. The maximum Gasteiger partial charge on any atom is 0.328 e. The van der Waals surface area contributed by atoms with Gasteiger partial charge < -0.3 is 14.5 Å². The van der Waals surface area contributed by atoms with E-state index in [9.17, 15) is 22.8 Å². The SMILES string of the molecule is COc1ccc(S(=O)(=O)NC(CCn2c(=O)[nH]c3ccccc3c2=O)C(=O)OCc2ccccc2)cc1. The summed E-state index contributed by atoms with van der Waals surface area (Å²) in [6, 6.07) is 19.7. The number of hydrogen-bond acceptors (Lipinski definition) is 7. The Hall–Kier alpha value is -4.22. The molecule has 1 aromatic heterocycles. The van der Waals surface area contributed by atoms with Gasteiger partial charge >= 0.3 is 11.7 Å². The van der Waals surface area contributed by atoms with Gasteiger partial charge in [0.05, 0.1) is 22.9 Å². The zero-order valence-corrected chi connectivity index (χ0v) is 20.7. The number of esters is 1.